The quantitative estimate of drug-likeness (QED) is 0.740. The third-order valence-corrected chi connectivity index (χ3v) is 3.86. The molecule has 1 aromatic heterocycles. The Morgan fingerprint density at radius 3 is 2.38 bits per heavy atom. The number of hydrogen-bond donors (Lipinski definition) is 1. The van der Waals surface area contributed by atoms with Gasteiger partial charge in [-0.05, 0) is 17.7 Å². The lowest BCUT2D eigenvalue weighted by Crippen LogP contribution is -2.20. The molecule has 0 spiro atoms. The number of aromatic nitrogens is 2. The lowest BCUT2D eigenvalue weighted by molar-refractivity contribution is 0.102. The molecule has 0 aliphatic rings. The van der Waals surface area contributed by atoms with Crippen LogP contribution in [0.25, 0.3) is 0 Å². The van der Waals surface area contributed by atoms with Crippen LogP contribution in [0.3, 0.4) is 0 Å². The molecule has 0 aliphatic carbocycles. The van der Waals surface area contributed by atoms with E-state index in [2.05, 4.69) is 15.3 Å². The smallest absolute Gasteiger partial charge is 0.258 e. The molecule has 0 unspecified atom stereocenters. The first-order chi connectivity index (χ1) is 12.7. The van der Waals surface area contributed by atoms with E-state index in [1.165, 1.54) is 12.4 Å². The van der Waals surface area contributed by atoms with Crippen molar-refractivity contribution >= 4 is 17.5 Å². The number of rotatable bonds is 6. The molecule has 1 heterocycles. The summed E-state index contributed by atoms with van der Waals surface area (Å²) in [5.41, 5.74) is 2.15. The van der Waals surface area contributed by atoms with Gasteiger partial charge in [0.25, 0.3) is 5.91 Å². The van der Waals surface area contributed by atoms with E-state index in [4.69, 9.17) is 4.74 Å². The number of benzene rings is 2. The lowest BCUT2D eigenvalue weighted by Gasteiger charge is -2.17. The molecule has 26 heavy (non-hydrogen) atoms. The van der Waals surface area contributed by atoms with Crippen LogP contribution in [0.1, 0.15) is 15.9 Å². The van der Waals surface area contributed by atoms with Crippen LogP contribution in [-0.4, -0.2) is 30.0 Å². The van der Waals surface area contributed by atoms with Crippen molar-refractivity contribution in [2.45, 2.75) is 6.54 Å². The van der Waals surface area contributed by atoms with Gasteiger partial charge in [0.1, 0.15) is 5.75 Å². The molecular weight excluding hydrogens is 328 g/mol. The Balaban J connectivity index is 1.68. The largest absolute Gasteiger partial charge is 0.495 e. The van der Waals surface area contributed by atoms with Crippen molar-refractivity contribution in [2.75, 3.05) is 24.4 Å². The molecule has 0 aliphatic heterocycles. The maximum Gasteiger partial charge on any atom is 0.258 e. The predicted octanol–water partition coefficient (Wildman–Crippen LogP) is 3.37. The van der Waals surface area contributed by atoms with Gasteiger partial charge in [0.2, 0.25) is 5.95 Å². The number of hydrogen-bond acceptors (Lipinski definition) is 5. The fraction of sp³-hybridized carbons (Fsp3) is 0.150. The second kappa shape index (κ2) is 8.11. The standard InChI is InChI=1S/C20H20N4O2/c1-24(14-15-8-4-3-5-9-15)20-21-12-16(13-22-20)19(25)23-17-10-6-7-11-18(17)26-2/h3-13H,14H2,1-2H3,(H,23,25). The van der Waals surface area contributed by atoms with Crippen LogP contribution in [0.15, 0.2) is 67.0 Å². The van der Waals surface area contributed by atoms with Crippen LogP contribution in [0.2, 0.25) is 0 Å². The molecular formula is C20H20N4O2. The number of amides is 1. The van der Waals surface area contributed by atoms with E-state index < -0.39 is 0 Å². The van der Waals surface area contributed by atoms with Crippen LogP contribution in [0.4, 0.5) is 11.6 Å². The van der Waals surface area contributed by atoms with E-state index in [9.17, 15) is 4.79 Å². The Hall–Kier alpha value is -3.41. The maximum atomic E-state index is 12.4. The van der Waals surface area contributed by atoms with E-state index in [0.717, 1.165) is 5.56 Å². The molecule has 0 bridgehead atoms. The van der Waals surface area contributed by atoms with E-state index in [0.29, 0.717) is 29.5 Å². The number of anilines is 2. The Morgan fingerprint density at radius 1 is 1.04 bits per heavy atom. The normalized spacial score (nSPS) is 10.2. The van der Waals surface area contributed by atoms with E-state index >= 15 is 0 Å². The van der Waals surface area contributed by atoms with Crippen molar-refractivity contribution in [1.29, 1.82) is 0 Å². The lowest BCUT2D eigenvalue weighted by atomic mass is 10.2. The average Bonchev–Trinajstić information content (AvgIpc) is 2.69. The van der Waals surface area contributed by atoms with Crippen molar-refractivity contribution in [3.63, 3.8) is 0 Å². The molecule has 0 atom stereocenters. The summed E-state index contributed by atoms with van der Waals surface area (Å²) in [7, 11) is 3.47. The molecule has 3 rings (SSSR count). The Kier molecular flexibility index (Phi) is 5.43. The summed E-state index contributed by atoms with van der Waals surface area (Å²) in [4.78, 5) is 22.9. The van der Waals surface area contributed by atoms with Crippen LogP contribution < -0.4 is 15.0 Å². The van der Waals surface area contributed by atoms with E-state index in [1.54, 1.807) is 19.2 Å². The summed E-state index contributed by atoms with van der Waals surface area (Å²) < 4.78 is 5.24. The van der Waals surface area contributed by atoms with Gasteiger partial charge in [-0.2, -0.15) is 0 Å². The van der Waals surface area contributed by atoms with Crippen LogP contribution in [0, 0.1) is 0 Å². The minimum Gasteiger partial charge on any atom is -0.495 e. The number of carbonyl (C=O) groups excluding carboxylic acids is 1. The summed E-state index contributed by atoms with van der Waals surface area (Å²) in [5, 5.41) is 2.81. The summed E-state index contributed by atoms with van der Waals surface area (Å²) in [6.07, 6.45) is 3.04. The zero-order valence-electron chi connectivity index (χ0n) is 14.7. The van der Waals surface area contributed by atoms with Gasteiger partial charge in [0, 0.05) is 26.0 Å². The zero-order valence-corrected chi connectivity index (χ0v) is 14.7. The number of nitrogens with one attached hydrogen (secondary N) is 1. The molecule has 0 fully saturated rings. The van der Waals surface area contributed by atoms with Gasteiger partial charge in [-0.1, -0.05) is 42.5 Å². The SMILES string of the molecule is COc1ccccc1NC(=O)c1cnc(N(C)Cc2ccccc2)nc1. The predicted molar refractivity (Wildman–Crippen MR) is 102 cm³/mol. The highest BCUT2D eigenvalue weighted by atomic mass is 16.5. The summed E-state index contributed by atoms with van der Waals surface area (Å²) in [6.45, 7) is 0.688. The van der Waals surface area contributed by atoms with Crippen molar-refractivity contribution in [2.24, 2.45) is 0 Å². The first-order valence-electron chi connectivity index (χ1n) is 8.19. The van der Waals surface area contributed by atoms with Gasteiger partial charge in [0.15, 0.2) is 0 Å². The summed E-state index contributed by atoms with van der Waals surface area (Å²) >= 11 is 0. The second-order valence-corrected chi connectivity index (χ2v) is 5.77. The molecule has 0 radical (unpaired) electrons. The highest BCUT2D eigenvalue weighted by molar-refractivity contribution is 6.04. The topological polar surface area (TPSA) is 67.3 Å². The number of methoxy groups -OCH3 is 1. The summed E-state index contributed by atoms with van der Waals surface area (Å²) in [5.74, 6) is 0.871. The monoisotopic (exact) mass is 348 g/mol. The fourth-order valence-corrected chi connectivity index (χ4v) is 2.51. The second-order valence-electron chi connectivity index (χ2n) is 5.77. The highest BCUT2D eigenvalue weighted by Gasteiger charge is 2.12. The highest BCUT2D eigenvalue weighted by Crippen LogP contribution is 2.23. The van der Waals surface area contributed by atoms with Gasteiger partial charge >= 0.3 is 0 Å². The zero-order chi connectivity index (χ0) is 18.4. The van der Waals surface area contributed by atoms with Crippen molar-refractivity contribution in [3.8, 4) is 5.75 Å². The molecule has 0 saturated heterocycles. The number of ether oxygens (including phenoxy) is 1. The Bertz CT molecular complexity index is 866. The molecule has 1 N–H and O–H groups in total. The average molecular weight is 348 g/mol. The summed E-state index contributed by atoms with van der Waals surface area (Å²) in [6, 6.07) is 17.3. The Labute approximate surface area is 152 Å². The molecule has 6 nitrogen and oxygen atoms in total. The minimum atomic E-state index is -0.285. The minimum absolute atomic E-state index is 0.285. The Morgan fingerprint density at radius 2 is 1.69 bits per heavy atom. The molecule has 0 saturated carbocycles. The molecule has 2 aromatic carbocycles. The third-order valence-electron chi connectivity index (χ3n) is 3.86. The van der Waals surface area contributed by atoms with Crippen LogP contribution in [-0.2, 0) is 6.54 Å². The van der Waals surface area contributed by atoms with Gasteiger partial charge in [0.05, 0.1) is 18.4 Å². The van der Waals surface area contributed by atoms with Gasteiger partial charge in [-0.3, -0.25) is 4.79 Å². The van der Waals surface area contributed by atoms with Gasteiger partial charge < -0.3 is 15.0 Å². The van der Waals surface area contributed by atoms with Gasteiger partial charge in [-0.15, -0.1) is 0 Å². The molecule has 1 amide bonds. The third kappa shape index (κ3) is 4.16. The van der Waals surface area contributed by atoms with Crippen molar-refractivity contribution in [3.05, 3.63) is 78.1 Å². The van der Waals surface area contributed by atoms with Crippen molar-refractivity contribution in [1.82, 2.24) is 9.97 Å². The van der Waals surface area contributed by atoms with Crippen LogP contribution in [0.5, 0.6) is 5.75 Å². The van der Waals surface area contributed by atoms with Crippen LogP contribution >= 0.6 is 0 Å². The first kappa shape index (κ1) is 17.4. The molecule has 6 heteroatoms. The van der Waals surface area contributed by atoms with E-state index in [-0.39, 0.29) is 5.91 Å². The van der Waals surface area contributed by atoms with Gasteiger partial charge in [-0.25, -0.2) is 9.97 Å². The fourth-order valence-electron chi connectivity index (χ4n) is 2.51. The molecule has 132 valence electrons. The number of para-hydroxylation sites is 2. The van der Waals surface area contributed by atoms with Crippen molar-refractivity contribution < 1.29 is 9.53 Å². The maximum absolute atomic E-state index is 12.4. The number of nitrogens with zero attached hydrogens (tertiary/aromatic N) is 3. The van der Waals surface area contributed by atoms with E-state index in [1.807, 2.05) is 54.4 Å². The molecule has 3 aromatic rings. The number of carbonyl (C=O) groups is 1. The first-order valence-corrected chi connectivity index (χ1v) is 8.19.